The molecule has 0 aliphatic carbocycles. The lowest BCUT2D eigenvalue weighted by atomic mass is 10.00. The first kappa shape index (κ1) is 26.3. The summed E-state index contributed by atoms with van der Waals surface area (Å²) >= 11 is 0. The van der Waals surface area contributed by atoms with E-state index < -0.39 is 6.10 Å². The number of nitrogens with one attached hydrogen (secondary N) is 3. The summed E-state index contributed by atoms with van der Waals surface area (Å²) in [6, 6.07) is 10.3. The SMILES string of the molecule is CCC(=O)N1CCN(c2nc(NC3CNC3)cc(C(=O)NCC(O)CN3CCc4ccccc4C3)n2)CC1. The molecule has 1 aromatic carbocycles. The third kappa shape index (κ3) is 6.40. The molecule has 0 saturated carbocycles. The average Bonchev–Trinajstić information content (AvgIpc) is 2.93. The van der Waals surface area contributed by atoms with Gasteiger partial charge in [0, 0.05) is 77.9 Å². The first-order chi connectivity index (χ1) is 18.5. The molecule has 4 N–H and O–H groups in total. The van der Waals surface area contributed by atoms with Gasteiger partial charge in [-0.3, -0.25) is 14.5 Å². The fourth-order valence-electron chi connectivity index (χ4n) is 5.12. The van der Waals surface area contributed by atoms with Gasteiger partial charge < -0.3 is 30.9 Å². The molecular weight excluding hydrogens is 484 g/mol. The first-order valence-corrected chi connectivity index (χ1v) is 13.6. The topological polar surface area (TPSA) is 126 Å². The molecule has 1 unspecified atom stereocenters. The monoisotopic (exact) mass is 522 g/mol. The number of fused-ring (bicyclic) bond motifs is 1. The molecule has 204 valence electrons. The Morgan fingerprint density at radius 1 is 1.11 bits per heavy atom. The van der Waals surface area contributed by atoms with E-state index in [9.17, 15) is 14.7 Å². The van der Waals surface area contributed by atoms with E-state index in [0.717, 1.165) is 32.6 Å². The number of rotatable bonds is 9. The van der Waals surface area contributed by atoms with Crippen molar-refractivity contribution >= 4 is 23.6 Å². The Morgan fingerprint density at radius 2 is 1.87 bits per heavy atom. The van der Waals surface area contributed by atoms with Gasteiger partial charge in [-0.2, -0.15) is 4.98 Å². The number of aliphatic hydroxyl groups is 1. The molecule has 2 aromatic rings. The van der Waals surface area contributed by atoms with Crippen LogP contribution in [0.5, 0.6) is 0 Å². The number of carbonyl (C=O) groups excluding carboxylic acids is 2. The quantitative estimate of drug-likeness (QED) is 0.362. The van der Waals surface area contributed by atoms with Gasteiger partial charge in [0.15, 0.2) is 0 Å². The number of piperazine rings is 1. The van der Waals surface area contributed by atoms with Gasteiger partial charge >= 0.3 is 0 Å². The summed E-state index contributed by atoms with van der Waals surface area (Å²) < 4.78 is 0. The smallest absolute Gasteiger partial charge is 0.270 e. The minimum absolute atomic E-state index is 0.142. The van der Waals surface area contributed by atoms with E-state index in [0.29, 0.717) is 50.9 Å². The zero-order chi connectivity index (χ0) is 26.5. The summed E-state index contributed by atoms with van der Waals surface area (Å²) in [7, 11) is 0. The van der Waals surface area contributed by atoms with Crippen molar-refractivity contribution in [3.05, 3.63) is 47.2 Å². The zero-order valence-corrected chi connectivity index (χ0v) is 22.0. The number of hydrogen-bond donors (Lipinski definition) is 4. The largest absolute Gasteiger partial charge is 0.390 e. The summed E-state index contributed by atoms with van der Waals surface area (Å²) in [4.78, 5) is 40.5. The molecule has 0 radical (unpaired) electrons. The number of amides is 2. The van der Waals surface area contributed by atoms with Gasteiger partial charge in [0.1, 0.15) is 11.5 Å². The van der Waals surface area contributed by atoms with Gasteiger partial charge in [-0.05, 0) is 17.5 Å². The Balaban J connectivity index is 1.20. The highest BCUT2D eigenvalue weighted by Gasteiger charge is 2.25. The number of β-amino-alcohol motifs (C(OH)–C–C–N with tert-alkyl or cyclic N) is 1. The van der Waals surface area contributed by atoms with Gasteiger partial charge in [0.2, 0.25) is 11.9 Å². The Morgan fingerprint density at radius 3 is 2.58 bits per heavy atom. The predicted molar refractivity (Wildman–Crippen MR) is 145 cm³/mol. The molecule has 1 aromatic heterocycles. The normalized spacial score (nSPS) is 18.9. The van der Waals surface area contributed by atoms with Crippen LogP contribution >= 0.6 is 0 Å². The summed E-state index contributed by atoms with van der Waals surface area (Å²) in [6.45, 7) is 8.31. The molecule has 11 heteroatoms. The second kappa shape index (κ2) is 12.1. The lowest BCUT2D eigenvalue weighted by Gasteiger charge is -2.35. The van der Waals surface area contributed by atoms with E-state index in [1.165, 1.54) is 11.1 Å². The maximum absolute atomic E-state index is 13.1. The highest BCUT2D eigenvalue weighted by atomic mass is 16.3. The van der Waals surface area contributed by atoms with Crippen molar-refractivity contribution in [2.24, 2.45) is 0 Å². The van der Waals surface area contributed by atoms with Crippen molar-refractivity contribution in [2.45, 2.75) is 38.5 Å². The van der Waals surface area contributed by atoms with E-state index in [1.807, 2.05) is 22.8 Å². The van der Waals surface area contributed by atoms with Gasteiger partial charge in [0.25, 0.3) is 5.91 Å². The van der Waals surface area contributed by atoms with Crippen molar-refractivity contribution in [3.63, 3.8) is 0 Å². The molecule has 11 nitrogen and oxygen atoms in total. The first-order valence-electron chi connectivity index (χ1n) is 13.6. The lowest BCUT2D eigenvalue weighted by molar-refractivity contribution is -0.131. The molecule has 3 aliphatic rings. The average molecular weight is 523 g/mol. The number of anilines is 2. The van der Waals surface area contributed by atoms with Gasteiger partial charge in [-0.15, -0.1) is 0 Å². The minimum Gasteiger partial charge on any atom is -0.390 e. The molecule has 2 amide bonds. The number of aliphatic hydroxyl groups excluding tert-OH is 1. The molecule has 1 atom stereocenters. The molecular formula is C27H38N8O3. The lowest BCUT2D eigenvalue weighted by Crippen LogP contribution is -2.52. The second-order valence-corrected chi connectivity index (χ2v) is 10.3. The number of nitrogens with zero attached hydrogens (tertiary/aromatic N) is 5. The van der Waals surface area contributed by atoms with E-state index in [4.69, 9.17) is 0 Å². The summed E-state index contributed by atoms with van der Waals surface area (Å²) in [5.74, 6) is 0.881. The highest BCUT2D eigenvalue weighted by Crippen LogP contribution is 2.19. The maximum Gasteiger partial charge on any atom is 0.270 e. The molecule has 2 saturated heterocycles. The molecule has 0 bridgehead atoms. The van der Waals surface area contributed by atoms with E-state index in [2.05, 4.69) is 49.0 Å². The fourth-order valence-corrected chi connectivity index (χ4v) is 5.12. The van der Waals surface area contributed by atoms with Crippen LogP contribution in [-0.4, -0.2) is 108 Å². The van der Waals surface area contributed by atoms with E-state index >= 15 is 0 Å². The third-order valence-corrected chi connectivity index (χ3v) is 7.48. The van der Waals surface area contributed by atoms with Crippen LogP contribution in [0.3, 0.4) is 0 Å². The maximum atomic E-state index is 13.1. The van der Waals surface area contributed by atoms with Crippen LogP contribution in [0.1, 0.15) is 35.0 Å². The van der Waals surface area contributed by atoms with Crippen molar-refractivity contribution < 1.29 is 14.7 Å². The zero-order valence-electron chi connectivity index (χ0n) is 22.0. The number of carbonyl (C=O) groups is 2. The van der Waals surface area contributed by atoms with Crippen LogP contribution in [0.25, 0.3) is 0 Å². The highest BCUT2D eigenvalue weighted by molar-refractivity contribution is 5.93. The Labute approximate surface area is 223 Å². The standard InChI is InChI=1S/C27H38N8O3/c1-2-25(37)34-9-11-35(12-10-34)27-31-23(13-24(32-27)30-21-14-28-15-21)26(38)29-16-22(36)18-33-8-7-19-5-3-4-6-20(19)17-33/h3-6,13,21-22,28,36H,2,7-12,14-18H2,1H3,(H,29,38)(H,30,31,32). The van der Waals surface area contributed by atoms with Gasteiger partial charge in [-0.1, -0.05) is 31.2 Å². The number of aromatic nitrogens is 2. The third-order valence-electron chi connectivity index (χ3n) is 7.48. The van der Waals surface area contributed by atoms with Gasteiger partial charge in [0.05, 0.1) is 12.1 Å². The summed E-state index contributed by atoms with van der Waals surface area (Å²) in [5, 5.41) is 20.1. The Kier molecular flexibility index (Phi) is 8.35. The van der Waals surface area contributed by atoms with Crippen molar-refractivity contribution in [3.8, 4) is 0 Å². The fraction of sp³-hybridized carbons (Fsp3) is 0.556. The number of hydrogen-bond acceptors (Lipinski definition) is 9. The molecule has 3 aliphatic heterocycles. The number of benzene rings is 1. The molecule has 0 spiro atoms. The van der Waals surface area contributed by atoms with Crippen LogP contribution in [0, 0.1) is 0 Å². The molecule has 5 rings (SSSR count). The molecule has 38 heavy (non-hydrogen) atoms. The van der Waals surface area contributed by atoms with Crippen LogP contribution < -0.4 is 20.9 Å². The van der Waals surface area contributed by atoms with Crippen LogP contribution in [0.15, 0.2) is 30.3 Å². The van der Waals surface area contributed by atoms with Crippen LogP contribution in [0.4, 0.5) is 11.8 Å². The summed E-state index contributed by atoms with van der Waals surface area (Å²) in [5.41, 5.74) is 2.92. The Hall–Kier alpha value is -3.28. The van der Waals surface area contributed by atoms with Crippen molar-refractivity contribution in [2.75, 3.05) is 69.1 Å². The summed E-state index contributed by atoms with van der Waals surface area (Å²) in [6.07, 6.45) is 0.770. The molecule has 2 fully saturated rings. The predicted octanol–water partition coefficient (Wildman–Crippen LogP) is 0.0679. The van der Waals surface area contributed by atoms with Crippen LogP contribution in [-0.2, 0) is 17.8 Å². The van der Waals surface area contributed by atoms with E-state index in [-0.39, 0.29) is 30.1 Å². The van der Waals surface area contributed by atoms with Gasteiger partial charge in [-0.25, -0.2) is 4.98 Å². The van der Waals surface area contributed by atoms with Crippen molar-refractivity contribution in [1.82, 2.24) is 30.4 Å². The van der Waals surface area contributed by atoms with Crippen LogP contribution in [0.2, 0.25) is 0 Å². The van der Waals surface area contributed by atoms with E-state index in [1.54, 1.807) is 6.07 Å². The Bertz CT molecular complexity index is 1130. The molecule has 4 heterocycles. The van der Waals surface area contributed by atoms with Crippen molar-refractivity contribution in [1.29, 1.82) is 0 Å². The second-order valence-electron chi connectivity index (χ2n) is 10.3. The minimum atomic E-state index is -0.687.